The topological polar surface area (TPSA) is 79.5 Å². The van der Waals surface area contributed by atoms with Gasteiger partial charge in [0.2, 0.25) is 11.8 Å². The molecule has 168 valence electrons. The second kappa shape index (κ2) is 7.07. The van der Waals surface area contributed by atoms with Crippen molar-refractivity contribution in [2.24, 2.45) is 29.6 Å². The summed E-state index contributed by atoms with van der Waals surface area (Å²) in [5, 5.41) is 3.26. The van der Waals surface area contributed by atoms with Crippen LogP contribution in [0, 0.1) is 29.6 Å². The Morgan fingerprint density at radius 2 is 1.79 bits per heavy atom. The molecule has 2 aliphatic carbocycles. The molecule has 4 aliphatic rings. The lowest BCUT2D eigenvalue weighted by atomic mass is 9.69. The van der Waals surface area contributed by atoms with Crippen LogP contribution in [-0.4, -0.2) is 29.2 Å². The Balaban J connectivity index is 1.30. The van der Waals surface area contributed by atoms with E-state index in [0.29, 0.717) is 11.4 Å². The van der Waals surface area contributed by atoms with E-state index in [1.165, 1.54) is 21.1 Å². The van der Waals surface area contributed by atoms with E-state index in [1.807, 2.05) is 0 Å². The first-order valence-corrected chi connectivity index (χ1v) is 13.6. The first kappa shape index (κ1) is 20.1. The van der Waals surface area contributed by atoms with Gasteiger partial charge in [-0.25, -0.2) is 0 Å². The second-order valence-corrected chi connectivity index (χ2v) is 12.4. The third-order valence-corrected chi connectivity index (χ3v) is 11.4. The molecule has 1 aromatic carbocycles. The maximum Gasteiger partial charge on any atom is 0.305 e. The Labute approximate surface area is 202 Å². The Bertz CT molecular complexity index is 1330. The number of thiazole rings is 1. The lowest BCUT2D eigenvalue weighted by Crippen LogP contribution is -2.42. The summed E-state index contributed by atoms with van der Waals surface area (Å²) >= 11 is 4.74. The molecule has 1 saturated heterocycles. The van der Waals surface area contributed by atoms with Gasteiger partial charge in [-0.3, -0.25) is 19.3 Å². The van der Waals surface area contributed by atoms with E-state index in [9.17, 15) is 14.4 Å². The van der Waals surface area contributed by atoms with E-state index in [-0.39, 0.29) is 57.4 Å². The van der Waals surface area contributed by atoms with E-state index in [1.54, 1.807) is 54.5 Å². The molecule has 4 heterocycles. The van der Waals surface area contributed by atoms with Gasteiger partial charge in [0.05, 0.1) is 29.7 Å². The minimum Gasteiger partial charge on any atom is -0.497 e. The quantitative estimate of drug-likeness (QED) is 0.550. The average Bonchev–Trinajstić information content (AvgIpc) is 3.61. The number of methoxy groups -OCH3 is 1. The summed E-state index contributed by atoms with van der Waals surface area (Å²) in [5.41, 5.74) is 0.619. The molecular weight excluding hydrogens is 476 g/mol. The number of benzene rings is 1. The molecule has 1 N–H and O–H groups in total. The highest BCUT2D eigenvalue weighted by Crippen LogP contribution is 2.68. The van der Waals surface area contributed by atoms with Gasteiger partial charge in [0, 0.05) is 20.9 Å². The number of nitrogens with one attached hydrogen (secondary N) is 1. The van der Waals surface area contributed by atoms with Crippen molar-refractivity contribution in [3.63, 3.8) is 0 Å². The van der Waals surface area contributed by atoms with Crippen molar-refractivity contribution in [2.45, 2.75) is 22.6 Å². The van der Waals surface area contributed by atoms with E-state index in [2.05, 4.69) is 22.5 Å². The van der Waals surface area contributed by atoms with Gasteiger partial charge in [0.1, 0.15) is 5.75 Å². The molecule has 33 heavy (non-hydrogen) atoms. The molecule has 6 nitrogen and oxygen atoms in total. The third-order valence-electron chi connectivity index (χ3n) is 7.90. The predicted molar refractivity (Wildman–Crippen MR) is 128 cm³/mol. The molecule has 3 aromatic rings. The zero-order valence-corrected chi connectivity index (χ0v) is 20.0. The number of nitrogens with zero attached hydrogens (tertiary/aromatic N) is 1. The zero-order chi connectivity index (χ0) is 22.4. The molecule has 0 radical (unpaired) electrons. The number of ether oxygens (including phenoxy) is 1. The lowest BCUT2D eigenvalue weighted by molar-refractivity contribution is -0.123. The summed E-state index contributed by atoms with van der Waals surface area (Å²) in [6.45, 7) is 0. The van der Waals surface area contributed by atoms with Gasteiger partial charge in [-0.1, -0.05) is 17.4 Å². The van der Waals surface area contributed by atoms with Crippen molar-refractivity contribution in [1.29, 1.82) is 0 Å². The number of hydrogen-bond acceptors (Lipinski definition) is 7. The molecule has 2 amide bonds. The molecule has 2 saturated carbocycles. The highest BCUT2D eigenvalue weighted by atomic mass is 32.2. The minimum atomic E-state index is -0.272. The van der Waals surface area contributed by atoms with E-state index < -0.39 is 0 Å². The van der Waals surface area contributed by atoms with Gasteiger partial charge in [-0.15, -0.1) is 23.1 Å². The molecule has 2 bridgehead atoms. The van der Waals surface area contributed by atoms with Gasteiger partial charge >= 0.3 is 4.87 Å². The van der Waals surface area contributed by atoms with Crippen LogP contribution in [0.5, 0.6) is 5.75 Å². The monoisotopic (exact) mass is 496 g/mol. The fourth-order valence-electron chi connectivity index (χ4n) is 6.79. The van der Waals surface area contributed by atoms with Gasteiger partial charge < -0.3 is 9.72 Å². The summed E-state index contributed by atoms with van der Waals surface area (Å²) in [6.07, 6.45) is 0.909. The van der Waals surface area contributed by atoms with Crippen LogP contribution in [0.1, 0.15) is 22.1 Å². The maximum absolute atomic E-state index is 13.7. The number of anilines is 1. The molecular formula is C24H20N2O4S3. The molecule has 2 aliphatic heterocycles. The van der Waals surface area contributed by atoms with Crippen molar-refractivity contribution in [1.82, 2.24) is 4.98 Å². The number of thioether (sulfide) groups is 1. The van der Waals surface area contributed by atoms with Crippen LogP contribution in [0.3, 0.4) is 0 Å². The van der Waals surface area contributed by atoms with Gasteiger partial charge in [0.15, 0.2) is 0 Å². The fraction of sp³-hybridized carbons (Fsp3) is 0.375. The Kier molecular flexibility index (Phi) is 4.30. The van der Waals surface area contributed by atoms with Crippen LogP contribution >= 0.6 is 34.4 Å². The Hall–Kier alpha value is -2.36. The Morgan fingerprint density at radius 3 is 2.48 bits per heavy atom. The first-order chi connectivity index (χ1) is 16.1. The van der Waals surface area contributed by atoms with Gasteiger partial charge in [-0.2, -0.15) is 0 Å². The highest BCUT2D eigenvalue weighted by molar-refractivity contribution is 8.00. The highest BCUT2D eigenvalue weighted by Gasteiger charge is 2.69. The standard InChI is InChI=1S/C24H20N2O4S3/c1-30-11-6-4-10(5-7-11)26-22(27)16-12-9-13(17(16)23(26)28)19-15(12)18(14-3-2-8-31-14)20-21(32-19)25-24(29)33-20/h2-8,12-13,15-19H,9H2,1H3,(H,25,29)/t12-,13-,15+,16+,17+,18+,19-/m1/s1. The Morgan fingerprint density at radius 1 is 1.03 bits per heavy atom. The molecule has 9 heteroatoms. The molecule has 7 rings (SSSR count). The number of thiophene rings is 1. The number of fused-ring (bicyclic) bond motifs is 9. The van der Waals surface area contributed by atoms with Crippen molar-refractivity contribution >= 4 is 51.9 Å². The predicted octanol–water partition coefficient (Wildman–Crippen LogP) is 4.18. The number of H-pyrrole nitrogens is 1. The summed E-state index contributed by atoms with van der Waals surface area (Å²) in [4.78, 5) is 46.3. The normalized spacial score (nSPS) is 33.8. The minimum absolute atomic E-state index is 0.0283. The molecule has 2 aromatic heterocycles. The maximum atomic E-state index is 13.7. The number of aromatic amines is 1. The van der Waals surface area contributed by atoms with Crippen molar-refractivity contribution in [3.8, 4) is 5.75 Å². The number of amides is 2. The van der Waals surface area contributed by atoms with Crippen LogP contribution in [0.25, 0.3) is 0 Å². The zero-order valence-electron chi connectivity index (χ0n) is 17.6. The summed E-state index contributed by atoms with van der Waals surface area (Å²) < 4.78 is 5.23. The van der Waals surface area contributed by atoms with Crippen molar-refractivity contribution < 1.29 is 14.3 Å². The van der Waals surface area contributed by atoms with Crippen LogP contribution in [0.15, 0.2) is 51.6 Å². The van der Waals surface area contributed by atoms with Gasteiger partial charge in [0.25, 0.3) is 0 Å². The number of hydrogen-bond donors (Lipinski definition) is 1. The van der Waals surface area contributed by atoms with Crippen LogP contribution in [0.4, 0.5) is 5.69 Å². The van der Waals surface area contributed by atoms with E-state index in [0.717, 1.165) is 16.3 Å². The van der Waals surface area contributed by atoms with Crippen molar-refractivity contribution in [3.05, 3.63) is 61.2 Å². The van der Waals surface area contributed by atoms with Crippen LogP contribution in [0.2, 0.25) is 0 Å². The summed E-state index contributed by atoms with van der Waals surface area (Å²) in [6, 6.07) is 11.3. The smallest absolute Gasteiger partial charge is 0.305 e. The third kappa shape index (κ3) is 2.64. The second-order valence-electron chi connectivity index (χ2n) is 9.19. The van der Waals surface area contributed by atoms with E-state index in [4.69, 9.17) is 4.74 Å². The number of rotatable bonds is 3. The van der Waals surface area contributed by atoms with Crippen LogP contribution in [-0.2, 0) is 9.59 Å². The number of imide groups is 1. The largest absolute Gasteiger partial charge is 0.497 e. The number of carbonyl (C=O) groups excluding carboxylic acids is 2. The van der Waals surface area contributed by atoms with Gasteiger partial charge in [-0.05, 0) is 59.9 Å². The molecule has 0 unspecified atom stereocenters. The lowest BCUT2D eigenvalue weighted by Gasteiger charge is -2.42. The molecule has 3 fully saturated rings. The van der Waals surface area contributed by atoms with Crippen LogP contribution < -0.4 is 14.5 Å². The van der Waals surface area contributed by atoms with E-state index >= 15 is 0 Å². The molecule has 7 atom stereocenters. The fourth-order valence-corrected chi connectivity index (χ4v) is 10.6. The summed E-state index contributed by atoms with van der Waals surface area (Å²) in [5.74, 6) is 0.682. The number of carbonyl (C=O) groups is 2. The first-order valence-electron chi connectivity index (χ1n) is 11.0. The van der Waals surface area contributed by atoms with Crippen molar-refractivity contribution in [2.75, 3.05) is 12.0 Å². The summed E-state index contributed by atoms with van der Waals surface area (Å²) in [7, 11) is 1.60. The SMILES string of the molecule is COc1ccc(N2C(=O)[C@H]3[C@H]4C[C@@H]([C@@H]3C2=O)[C@H]2[C@H](c3cccs3)c3sc(=O)[nH]c3S[C@H]42)cc1. The molecule has 0 spiro atoms. The number of aromatic nitrogens is 1. The average molecular weight is 497 g/mol.